The van der Waals surface area contributed by atoms with E-state index in [2.05, 4.69) is 41.1 Å². The van der Waals surface area contributed by atoms with Crippen LogP contribution in [0.15, 0.2) is 36.9 Å². The minimum Gasteiger partial charge on any atom is -0.493 e. The van der Waals surface area contributed by atoms with Crippen molar-refractivity contribution in [1.82, 2.24) is 10.2 Å². The lowest BCUT2D eigenvalue weighted by molar-refractivity contribution is 0.205. The van der Waals surface area contributed by atoms with E-state index in [0.29, 0.717) is 12.1 Å². The summed E-state index contributed by atoms with van der Waals surface area (Å²) in [4.78, 5) is 2.48. The molecule has 2 aliphatic heterocycles. The number of rotatable bonds is 4. The summed E-state index contributed by atoms with van der Waals surface area (Å²) in [5.74, 6) is 1.07. The molecule has 3 nitrogen and oxygen atoms in total. The van der Waals surface area contributed by atoms with Crippen LogP contribution in [-0.2, 0) is 0 Å². The molecule has 0 amide bonds. The van der Waals surface area contributed by atoms with Crippen LogP contribution >= 0.6 is 0 Å². The summed E-state index contributed by atoms with van der Waals surface area (Å²) in [5.41, 5.74) is 1.34. The lowest BCUT2D eigenvalue weighted by atomic mass is 9.98. The predicted octanol–water partition coefficient (Wildman–Crippen LogP) is 3.14. The zero-order chi connectivity index (χ0) is 14.5. The number of hydrogen-bond donors (Lipinski definition) is 1. The van der Waals surface area contributed by atoms with E-state index in [0.717, 1.165) is 25.3 Å². The van der Waals surface area contributed by atoms with Crippen molar-refractivity contribution in [2.24, 2.45) is 0 Å². The molecule has 0 unspecified atom stereocenters. The van der Waals surface area contributed by atoms with Gasteiger partial charge in [-0.3, -0.25) is 4.90 Å². The molecule has 1 fully saturated rings. The Hall–Kier alpha value is -1.32. The molecule has 21 heavy (non-hydrogen) atoms. The zero-order valence-corrected chi connectivity index (χ0v) is 12.8. The van der Waals surface area contributed by atoms with Crippen LogP contribution in [0.3, 0.4) is 0 Å². The third-order valence-electron chi connectivity index (χ3n) is 4.60. The summed E-state index contributed by atoms with van der Waals surface area (Å²) in [6.07, 6.45) is 6.76. The highest BCUT2D eigenvalue weighted by atomic mass is 16.5. The Kier molecular flexibility index (Phi) is 4.94. The number of hydrogen-bond acceptors (Lipinski definition) is 3. The van der Waals surface area contributed by atoms with Gasteiger partial charge in [0.15, 0.2) is 0 Å². The number of likely N-dealkylation sites (tertiary alicyclic amines) is 1. The number of benzene rings is 1. The van der Waals surface area contributed by atoms with Crippen LogP contribution in [0.5, 0.6) is 5.75 Å². The molecule has 2 heterocycles. The summed E-state index contributed by atoms with van der Waals surface area (Å²) in [6, 6.07) is 9.57. The van der Waals surface area contributed by atoms with Gasteiger partial charge in [-0.2, -0.15) is 0 Å². The Morgan fingerprint density at radius 1 is 1.24 bits per heavy atom. The number of fused-ring (bicyclic) bond motifs is 1. The average Bonchev–Trinajstić information content (AvgIpc) is 2.72. The lowest BCUT2D eigenvalue weighted by Gasteiger charge is -2.34. The second-order valence-electron chi connectivity index (χ2n) is 6.11. The molecular weight excluding hydrogens is 260 g/mol. The van der Waals surface area contributed by atoms with E-state index in [1.54, 1.807) is 0 Å². The van der Waals surface area contributed by atoms with Crippen molar-refractivity contribution in [2.75, 3.05) is 26.2 Å². The number of para-hydroxylation sites is 1. The molecule has 1 saturated heterocycles. The van der Waals surface area contributed by atoms with Crippen LogP contribution < -0.4 is 10.1 Å². The fourth-order valence-corrected chi connectivity index (χ4v) is 3.45. The highest BCUT2D eigenvalue weighted by molar-refractivity contribution is 5.36. The van der Waals surface area contributed by atoms with Gasteiger partial charge in [-0.15, -0.1) is 6.58 Å². The second-order valence-corrected chi connectivity index (χ2v) is 6.11. The highest BCUT2D eigenvalue weighted by Crippen LogP contribution is 2.32. The number of nitrogens with one attached hydrogen (secondary N) is 1. The SMILES string of the molecule is C=CCN1CCC(N[C@@H]2CCCOc3ccccc32)CC1. The van der Waals surface area contributed by atoms with Gasteiger partial charge >= 0.3 is 0 Å². The molecule has 0 radical (unpaired) electrons. The zero-order valence-electron chi connectivity index (χ0n) is 12.8. The van der Waals surface area contributed by atoms with Crippen LogP contribution in [0, 0.1) is 0 Å². The molecule has 0 aromatic heterocycles. The molecule has 114 valence electrons. The van der Waals surface area contributed by atoms with Gasteiger partial charge in [0.05, 0.1) is 6.61 Å². The molecule has 0 bridgehead atoms. The fraction of sp³-hybridized carbons (Fsp3) is 0.556. The Balaban J connectivity index is 1.61. The van der Waals surface area contributed by atoms with Crippen molar-refractivity contribution in [1.29, 1.82) is 0 Å². The van der Waals surface area contributed by atoms with Crippen LogP contribution in [0.4, 0.5) is 0 Å². The average molecular weight is 286 g/mol. The number of nitrogens with zero attached hydrogens (tertiary/aromatic N) is 1. The van der Waals surface area contributed by atoms with Gasteiger partial charge in [-0.25, -0.2) is 0 Å². The van der Waals surface area contributed by atoms with Crippen molar-refractivity contribution in [2.45, 2.75) is 37.8 Å². The van der Waals surface area contributed by atoms with Crippen LogP contribution in [-0.4, -0.2) is 37.2 Å². The fourth-order valence-electron chi connectivity index (χ4n) is 3.45. The standard InChI is InChI=1S/C18H26N2O/c1-2-11-20-12-9-15(10-13-20)19-17-7-5-14-21-18-8-4-3-6-16(17)18/h2-4,6,8,15,17,19H,1,5,7,9-14H2/t17-/m1/s1. The van der Waals surface area contributed by atoms with Gasteiger partial charge in [0.25, 0.3) is 0 Å². The van der Waals surface area contributed by atoms with E-state index in [9.17, 15) is 0 Å². The molecule has 0 aliphatic carbocycles. The van der Waals surface area contributed by atoms with E-state index in [-0.39, 0.29) is 0 Å². The van der Waals surface area contributed by atoms with Crippen LogP contribution in [0.2, 0.25) is 0 Å². The molecule has 1 aromatic carbocycles. The third-order valence-corrected chi connectivity index (χ3v) is 4.60. The maximum atomic E-state index is 5.86. The van der Waals surface area contributed by atoms with Gasteiger partial charge < -0.3 is 10.1 Å². The minimum atomic E-state index is 0.444. The van der Waals surface area contributed by atoms with Gasteiger partial charge in [0.2, 0.25) is 0 Å². The highest BCUT2D eigenvalue weighted by Gasteiger charge is 2.24. The molecule has 0 saturated carbocycles. The van der Waals surface area contributed by atoms with E-state index < -0.39 is 0 Å². The third kappa shape index (κ3) is 3.66. The predicted molar refractivity (Wildman–Crippen MR) is 86.7 cm³/mol. The lowest BCUT2D eigenvalue weighted by Crippen LogP contribution is -2.43. The first-order valence-electron chi connectivity index (χ1n) is 8.18. The van der Waals surface area contributed by atoms with E-state index in [4.69, 9.17) is 4.74 Å². The largest absolute Gasteiger partial charge is 0.493 e. The normalized spacial score (nSPS) is 23.9. The molecule has 1 atom stereocenters. The Morgan fingerprint density at radius 2 is 2.05 bits per heavy atom. The van der Waals surface area contributed by atoms with Gasteiger partial charge in [-0.1, -0.05) is 24.3 Å². The van der Waals surface area contributed by atoms with E-state index in [1.807, 2.05) is 6.08 Å². The summed E-state index contributed by atoms with van der Waals surface area (Å²) in [6.45, 7) is 8.04. The monoisotopic (exact) mass is 286 g/mol. The Labute approximate surface area is 128 Å². The quantitative estimate of drug-likeness (QED) is 0.861. The summed E-state index contributed by atoms with van der Waals surface area (Å²) in [5, 5.41) is 3.88. The maximum Gasteiger partial charge on any atom is 0.124 e. The van der Waals surface area contributed by atoms with Crippen molar-refractivity contribution >= 4 is 0 Å². The number of piperidine rings is 1. The van der Waals surface area contributed by atoms with E-state index >= 15 is 0 Å². The first-order chi connectivity index (χ1) is 10.4. The summed E-state index contributed by atoms with van der Waals surface area (Å²) >= 11 is 0. The molecule has 1 N–H and O–H groups in total. The van der Waals surface area contributed by atoms with Crippen molar-refractivity contribution in [3.05, 3.63) is 42.5 Å². The van der Waals surface area contributed by atoms with E-state index in [1.165, 1.54) is 37.9 Å². The minimum absolute atomic E-state index is 0.444. The number of ether oxygens (including phenoxy) is 1. The van der Waals surface area contributed by atoms with Gasteiger partial charge in [-0.05, 0) is 44.8 Å². The molecule has 3 rings (SSSR count). The second kappa shape index (κ2) is 7.10. The van der Waals surface area contributed by atoms with Crippen LogP contribution in [0.1, 0.15) is 37.3 Å². The molecule has 1 aromatic rings. The summed E-state index contributed by atoms with van der Waals surface area (Å²) < 4.78 is 5.86. The van der Waals surface area contributed by atoms with Gasteiger partial charge in [0, 0.05) is 24.2 Å². The first-order valence-corrected chi connectivity index (χ1v) is 8.18. The van der Waals surface area contributed by atoms with Crippen molar-refractivity contribution in [3.63, 3.8) is 0 Å². The Morgan fingerprint density at radius 3 is 2.86 bits per heavy atom. The molecule has 3 heteroatoms. The molecule has 2 aliphatic rings. The van der Waals surface area contributed by atoms with Crippen LogP contribution in [0.25, 0.3) is 0 Å². The maximum absolute atomic E-state index is 5.86. The van der Waals surface area contributed by atoms with Crippen molar-refractivity contribution < 1.29 is 4.74 Å². The Bertz CT molecular complexity index is 466. The topological polar surface area (TPSA) is 24.5 Å². The van der Waals surface area contributed by atoms with Crippen molar-refractivity contribution in [3.8, 4) is 5.75 Å². The molecule has 0 spiro atoms. The smallest absolute Gasteiger partial charge is 0.124 e. The first kappa shape index (κ1) is 14.6. The van der Waals surface area contributed by atoms with Gasteiger partial charge in [0.1, 0.15) is 5.75 Å². The molecular formula is C18H26N2O. The summed E-state index contributed by atoms with van der Waals surface area (Å²) in [7, 11) is 0.